The predicted molar refractivity (Wildman–Crippen MR) is 312 cm³/mol. The van der Waals surface area contributed by atoms with Crippen molar-refractivity contribution in [3.05, 3.63) is 60.8 Å². The topological polar surface area (TPSA) is 78.9 Å². The third-order valence-corrected chi connectivity index (χ3v) is 13.8. The Kier molecular flexibility index (Phi) is 58.2. The van der Waals surface area contributed by atoms with E-state index >= 15 is 0 Å². The van der Waals surface area contributed by atoms with Crippen molar-refractivity contribution in [1.29, 1.82) is 0 Å². The molecule has 72 heavy (non-hydrogen) atoms. The first-order valence-corrected chi connectivity index (χ1v) is 31.3. The molecular weight excluding hydrogens is 889 g/mol. The summed E-state index contributed by atoms with van der Waals surface area (Å²) in [4.78, 5) is 37.9. The quantitative estimate of drug-likeness (QED) is 0.0261. The molecule has 0 saturated heterocycles. The first-order valence-electron chi connectivity index (χ1n) is 31.3. The molecule has 1 unspecified atom stereocenters. The normalized spacial score (nSPS) is 12.4. The van der Waals surface area contributed by atoms with Gasteiger partial charge in [-0.05, 0) is 64.2 Å². The zero-order valence-corrected chi connectivity index (χ0v) is 47.9. The molecule has 0 aromatic rings. The smallest absolute Gasteiger partial charge is 0.306 e. The van der Waals surface area contributed by atoms with Crippen molar-refractivity contribution in [2.24, 2.45) is 0 Å². The fraction of sp³-hybridized carbons (Fsp3) is 0.803. The molecule has 0 radical (unpaired) electrons. The second-order valence-corrected chi connectivity index (χ2v) is 21.0. The molecular formula is C66H118O6. The fourth-order valence-corrected chi connectivity index (χ4v) is 9.12. The van der Waals surface area contributed by atoms with Crippen LogP contribution in [-0.2, 0) is 28.6 Å². The second-order valence-electron chi connectivity index (χ2n) is 21.0. The third kappa shape index (κ3) is 58.0. The molecule has 0 fully saturated rings. The lowest BCUT2D eigenvalue weighted by Crippen LogP contribution is -2.30. The van der Waals surface area contributed by atoms with Crippen LogP contribution in [0.2, 0.25) is 0 Å². The predicted octanol–water partition coefficient (Wildman–Crippen LogP) is 21.2. The summed E-state index contributed by atoms with van der Waals surface area (Å²) in [5.74, 6) is -0.861. The average Bonchev–Trinajstić information content (AvgIpc) is 3.38. The molecule has 0 aromatic carbocycles. The van der Waals surface area contributed by atoms with Gasteiger partial charge in [-0.3, -0.25) is 14.4 Å². The highest BCUT2D eigenvalue weighted by molar-refractivity contribution is 5.71. The minimum absolute atomic E-state index is 0.0677. The van der Waals surface area contributed by atoms with Crippen molar-refractivity contribution >= 4 is 17.9 Å². The molecule has 0 aliphatic heterocycles. The third-order valence-electron chi connectivity index (χ3n) is 13.8. The highest BCUT2D eigenvalue weighted by atomic mass is 16.6. The Balaban J connectivity index is 3.89. The van der Waals surface area contributed by atoms with Crippen LogP contribution in [-0.4, -0.2) is 37.2 Å². The number of hydrogen-bond donors (Lipinski definition) is 0. The van der Waals surface area contributed by atoms with E-state index in [0.717, 1.165) is 89.9 Å². The Morgan fingerprint density at radius 1 is 0.292 bits per heavy atom. The Morgan fingerprint density at radius 3 is 0.847 bits per heavy atom. The number of allylic oxidation sites excluding steroid dienone is 10. The maximum Gasteiger partial charge on any atom is 0.306 e. The van der Waals surface area contributed by atoms with Gasteiger partial charge in [0.2, 0.25) is 0 Å². The molecule has 0 rings (SSSR count). The lowest BCUT2D eigenvalue weighted by atomic mass is 10.0. The molecule has 1 atom stereocenters. The number of carbonyl (C=O) groups is 3. The van der Waals surface area contributed by atoms with Gasteiger partial charge >= 0.3 is 17.9 Å². The summed E-state index contributed by atoms with van der Waals surface area (Å²) in [7, 11) is 0. The van der Waals surface area contributed by atoms with E-state index in [0.29, 0.717) is 19.3 Å². The van der Waals surface area contributed by atoms with E-state index in [4.69, 9.17) is 14.2 Å². The molecule has 6 heteroatoms. The van der Waals surface area contributed by atoms with Gasteiger partial charge in [-0.15, -0.1) is 0 Å². The van der Waals surface area contributed by atoms with Gasteiger partial charge in [0.25, 0.3) is 0 Å². The summed E-state index contributed by atoms with van der Waals surface area (Å²) in [5, 5.41) is 0. The van der Waals surface area contributed by atoms with Crippen LogP contribution in [0.25, 0.3) is 0 Å². The molecule has 0 saturated carbocycles. The molecule has 0 spiro atoms. The Morgan fingerprint density at radius 2 is 0.542 bits per heavy atom. The van der Waals surface area contributed by atoms with Gasteiger partial charge in [-0.1, -0.05) is 300 Å². The molecule has 0 heterocycles. The van der Waals surface area contributed by atoms with Gasteiger partial charge in [0.15, 0.2) is 6.10 Å². The highest BCUT2D eigenvalue weighted by Gasteiger charge is 2.19. The van der Waals surface area contributed by atoms with Gasteiger partial charge in [-0.2, -0.15) is 0 Å². The number of rotatable bonds is 57. The SMILES string of the molecule is CC/C=C\C/C=C\C/C=C\C/C=C\C/C=C\CCCCCCCCCCCCCCCCCCCCCC(=O)OCC(COC(=O)CCCCCCCC)OC(=O)CCCCCCCCCCCCCCC. The highest BCUT2D eigenvalue weighted by Crippen LogP contribution is 2.17. The second kappa shape index (κ2) is 60.7. The molecule has 418 valence electrons. The molecule has 0 bridgehead atoms. The number of unbranched alkanes of at least 4 members (excludes halogenated alkanes) is 36. The molecule has 0 amide bonds. The van der Waals surface area contributed by atoms with Crippen LogP contribution in [0.3, 0.4) is 0 Å². The maximum atomic E-state index is 12.8. The number of hydrogen-bond acceptors (Lipinski definition) is 6. The van der Waals surface area contributed by atoms with Crippen LogP contribution in [0.1, 0.15) is 323 Å². The number of esters is 3. The van der Waals surface area contributed by atoms with Crippen molar-refractivity contribution in [3.63, 3.8) is 0 Å². The molecule has 6 nitrogen and oxygen atoms in total. The zero-order chi connectivity index (χ0) is 52.2. The standard InChI is InChI=1S/C66H118O6/c1-4-7-10-13-16-18-20-22-23-24-25-26-27-28-29-30-31-32-33-34-35-36-37-38-39-40-41-42-43-45-46-48-50-53-56-59-65(68)71-62-63(61-70-64(67)58-55-52-15-12-9-6-3)72-66(69)60-57-54-51-49-47-44-21-19-17-14-11-8-5-2/h7,10,16,18,22-23,25-26,28-29,63H,4-6,8-9,11-15,17,19-21,24,27,30-62H2,1-3H3/b10-7-,18-16-,23-22-,26-25-,29-28-. The molecule has 0 aliphatic rings. The van der Waals surface area contributed by atoms with E-state index in [1.807, 2.05) is 0 Å². The van der Waals surface area contributed by atoms with E-state index in [9.17, 15) is 14.4 Å². The Labute approximate surface area is 447 Å². The van der Waals surface area contributed by atoms with Crippen LogP contribution in [0.4, 0.5) is 0 Å². The van der Waals surface area contributed by atoms with Crippen LogP contribution in [0.5, 0.6) is 0 Å². The van der Waals surface area contributed by atoms with Crippen LogP contribution in [0, 0.1) is 0 Å². The minimum atomic E-state index is -0.764. The summed E-state index contributed by atoms with van der Waals surface area (Å²) < 4.78 is 16.8. The Hall–Kier alpha value is -2.89. The summed E-state index contributed by atoms with van der Waals surface area (Å²) in [6.45, 7) is 6.50. The lowest BCUT2D eigenvalue weighted by molar-refractivity contribution is -0.167. The van der Waals surface area contributed by atoms with Crippen molar-refractivity contribution in [2.45, 2.75) is 329 Å². The summed E-state index contributed by atoms with van der Waals surface area (Å²) in [6, 6.07) is 0. The van der Waals surface area contributed by atoms with Gasteiger partial charge in [0.05, 0.1) is 0 Å². The van der Waals surface area contributed by atoms with Crippen LogP contribution in [0.15, 0.2) is 60.8 Å². The first kappa shape index (κ1) is 69.1. The lowest BCUT2D eigenvalue weighted by Gasteiger charge is -2.18. The van der Waals surface area contributed by atoms with E-state index in [-0.39, 0.29) is 31.1 Å². The van der Waals surface area contributed by atoms with Crippen LogP contribution >= 0.6 is 0 Å². The van der Waals surface area contributed by atoms with Crippen molar-refractivity contribution in [1.82, 2.24) is 0 Å². The summed E-state index contributed by atoms with van der Waals surface area (Å²) >= 11 is 0. The van der Waals surface area contributed by atoms with Crippen molar-refractivity contribution in [2.75, 3.05) is 13.2 Å². The number of ether oxygens (including phenoxy) is 3. The van der Waals surface area contributed by atoms with E-state index in [1.54, 1.807) is 0 Å². The van der Waals surface area contributed by atoms with E-state index in [2.05, 4.69) is 81.5 Å². The van der Waals surface area contributed by atoms with E-state index in [1.165, 1.54) is 193 Å². The Bertz CT molecular complexity index is 1290. The van der Waals surface area contributed by atoms with Gasteiger partial charge in [0.1, 0.15) is 13.2 Å². The van der Waals surface area contributed by atoms with E-state index < -0.39 is 6.10 Å². The summed E-state index contributed by atoms with van der Waals surface area (Å²) in [6.07, 6.45) is 77.1. The largest absolute Gasteiger partial charge is 0.462 e. The summed E-state index contributed by atoms with van der Waals surface area (Å²) in [5.41, 5.74) is 0. The van der Waals surface area contributed by atoms with Gasteiger partial charge < -0.3 is 14.2 Å². The minimum Gasteiger partial charge on any atom is -0.462 e. The molecule has 0 N–H and O–H groups in total. The average molecular weight is 1010 g/mol. The van der Waals surface area contributed by atoms with Crippen molar-refractivity contribution in [3.8, 4) is 0 Å². The molecule has 0 aliphatic carbocycles. The first-order chi connectivity index (χ1) is 35.5. The maximum absolute atomic E-state index is 12.8. The van der Waals surface area contributed by atoms with Crippen LogP contribution < -0.4 is 0 Å². The van der Waals surface area contributed by atoms with Gasteiger partial charge in [-0.25, -0.2) is 0 Å². The fourth-order valence-electron chi connectivity index (χ4n) is 9.12. The van der Waals surface area contributed by atoms with Crippen molar-refractivity contribution < 1.29 is 28.6 Å². The van der Waals surface area contributed by atoms with Gasteiger partial charge in [0, 0.05) is 19.3 Å². The molecule has 0 aromatic heterocycles. The zero-order valence-electron chi connectivity index (χ0n) is 47.9. The number of carbonyl (C=O) groups excluding carboxylic acids is 3. The monoisotopic (exact) mass is 1010 g/mol.